The van der Waals surface area contributed by atoms with Crippen LogP contribution in [0.3, 0.4) is 0 Å². The number of carbonyl (C=O) groups excluding carboxylic acids is 1. The Labute approximate surface area is 387 Å². The molecule has 0 rings (SSSR count). The van der Waals surface area contributed by atoms with Crippen molar-refractivity contribution in [3.8, 4) is 0 Å². The summed E-state index contributed by atoms with van der Waals surface area (Å²) < 4.78 is 23.6. The summed E-state index contributed by atoms with van der Waals surface area (Å²) in [4.78, 5) is 23.2. The van der Waals surface area contributed by atoms with Gasteiger partial charge in [-0.2, -0.15) is 0 Å². The van der Waals surface area contributed by atoms with E-state index in [0.29, 0.717) is 17.4 Å². The molecule has 3 atom stereocenters. The fourth-order valence-electron chi connectivity index (χ4n) is 6.35. The Morgan fingerprint density at radius 1 is 0.556 bits per heavy atom. The number of rotatable bonds is 43. The molecule has 9 heteroatoms. The lowest BCUT2D eigenvalue weighted by molar-refractivity contribution is -0.870. The maximum Gasteiger partial charge on any atom is 0.472 e. The molecular weight excluding hydrogens is 804 g/mol. The molecule has 0 heterocycles. The van der Waals surface area contributed by atoms with Crippen LogP contribution in [0.2, 0.25) is 0 Å². The third-order valence-electron chi connectivity index (χ3n) is 10.2. The van der Waals surface area contributed by atoms with Crippen LogP contribution in [-0.4, -0.2) is 73.4 Å². The van der Waals surface area contributed by atoms with Gasteiger partial charge in [0, 0.05) is 6.42 Å². The lowest BCUT2D eigenvalue weighted by Gasteiger charge is -2.25. The first kappa shape index (κ1) is 60.2. The summed E-state index contributed by atoms with van der Waals surface area (Å²) >= 11 is 0. The van der Waals surface area contributed by atoms with Gasteiger partial charge in [0.1, 0.15) is 13.2 Å². The number of unbranched alkanes of at least 4 members (excludes halogenated alkanes) is 14. The number of hydrogen-bond donors (Lipinski definition) is 3. The molecule has 0 aliphatic carbocycles. The first-order valence-electron chi connectivity index (χ1n) is 24.8. The van der Waals surface area contributed by atoms with Crippen molar-refractivity contribution in [2.75, 3.05) is 40.9 Å². The molecule has 8 nitrogen and oxygen atoms in total. The maximum absolute atomic E-state index is 12.9. The number of hydrogen-bond acceptors (Lipinski definition) is 5. The molecule has 0 aromatic heterocycles. The number of aliphatic hydroxyl groups excluding tert-OH is 1. The molecule has 3 unspecified atom stereocenters. The number of phosphoric acid groups is 1. The first-order chi connectivity index (χ1) is 30.5. The van der Waals surface area contributed by atoms with Gasteiger partial charge < -0.3 is 19.8 Å². The molecule has 0 radical (unpaired) electrons. The van der Waals surface area contributed by atoms with Gasteiger partial charge in [-0.15, -0.1) is 0 Å². The van der Waals surface area contributed by atoms with Gasteiger partial charge in [-0.05, 0) is 83.5 Å². The lowest BCUT2D eigenvalue weighted by atomic mass is 10.1. The van der Waals surface area contributed by atoms with Crippen molar-refractivity contribution < 1.29 is 32.9 Å². The van der Waals surface area contributed by atoms with Crippen molar-refractivity contribution in [2.45, 2.75) is 187 Å². The van der Waals surface area contributed by atoms with Gasteiger partial charge in [-0.3, -0.25) is 13.8 Å². The van der Waals surface area contributed by atoms with Crippen LogP contribution in [0.25, 0.3) is 0 Å². The van der Waals surface area contributed by atoms with E-state index in [-0.39, 0.29) is 19.1 Å². The third-order valence-corrected chi connectivity index (χ3v) is 11.2. The summed E-state index contributed by atoms with van der Waals surface area (Å²) in [5.41, 5.74) is 0. The summed E-state index contributed by atoms with van der Waals surface area (Å²) in [6.07, 6.45) is 64.5. The number of phosphoric ester groups is 1. The van der Waals surface area contributed by atoms with Crippen LogP contribution in [0.5, 0.6) is 0 Å². The Kier molecular flexibility index (Phi) is 42.4. The normalized spacial score (nSPS) is 15.1. The highest BCUT2D eigenvalue weighted by atomic mass is 31.2. The van der Waals surface area contributed by atoms with E-state index in [9.17, 15) is 19.4 Å². The lowest BCUT2D eigenvalue weighted by Crippen LogP contribution is -2.45. The molecule has 360 valence electrons. The van der Waals surface area contributed by atoms with Crippen LogP contribution in [0.15, 0.2) is 109 Å². The molecule has 0 spiro atoms. The van der Waals surface area contributed by atoms with E-state index in [1.165, 1.54) is 51.4 Å². The number of quaternary nitrogens is 1. The molecule has 0 aromatic carbocycles. The average molecular weight is 898 g/mol. The molecule has 0 aliphatic heterocycles. The average Bonchev–Trinajstić information content (AvgIpc) is 3.24. The monoisotopic (exact) mass is 898 g/mol. The minimum Gasteiger partial charge on any atom is -0.387 e. The van der Waals surface area contributed by atoms with E-state index >= 15 is 0 Å². The Morgan fingerprint density at radius 2 is 0.952 bits per heavy atom. The zero-order valence-electron chi connectivity index (χ0n) is 40.8. The number of nitrogens with zero attached hydrogens (tertiary/aromatic N) is 1. The second-order valence-corrected chi connectivity index (χ2v) is 18.9. The zero-order valence-corrected chi connectivity index (χ0v) is 41.7. The number of aliphatic hydroxyl groups is 1. The van der Waals surface area contributed by atoms with Crippen LogP contribution in [0.1, 0.15) is 174 Å². The van der Waals surface area contributed by atoms with Crippen molar-refractivity contribution in [2.24, 2.45) is 0 Å². The molecule has 63 heavy (non-hydrogen) atoms. The molecule has 0 saturated heterocycles. The fraction of sp³-hybridized carbons (Fsp3) is 0.648. The molecular formula is C54H94N2O6P+. The minimum absolute atomic E-state index is 0.0498. The number of carbonyl (C=O) groups is 1. The van der Waals surface area contributed by atoms with Gasteiger partial charge >= 0.3 is 7.82 Å². The van der Waals surface area contributed by atoms with E-state index in [1.54, 1.807) is 6.08 Å². The molecule has 3 N–H and O–H groups in total. The Hall–Kier alpha value is -2.84. The largest absolute Gasteiger partial charge is 0.472 e. The van der Waals surface area contributed by atoms with Crippen LogP contribution >= 0.6 is 7.82 Å². The van der Waals surface area contributed by atoms with Gasteiger partial charge in [0.2, 0.25) is 5.91 Å². The Balaban J connectivity index is 4.34. The first-order valence-corrected chi connectivity index (χ1v) is 26.3. The quantitative estimate of drug-likeness (QED) is 0.0244. The van der Waals surface area contributed by atoms with Crippen LogP contribution in [0, 0.1) is 0 Å². The third kappa shape index (κ3) is 47.0. The van der Waals surface area contributed by atoms with Gasteiger partial charge in [-0.25, -0.2) is 4.57 Å². The highest BCUT2D eigenvalue weighted by molar-refractivity contribution is 7.47. The van der Waals surface area contributed by atoms with Crippen LogP contribution < -0.4 is 5.32 Å². The standard InChI is InChI=1S/C54H93N2O6P/c1-6-8-10-12-14-16-18-20-21-22-23-24-25-26-27-28-29-30-31-32-33-34-35-36-38-40-42-44-46-48-54(58)55-52(51-62-63(59,60)61-50-49-56(3,4)5)53(57)47-45-43-41-39-37-19-17-15-13-11-9-7-2/h8,10,14,16,20-21,23-24,26-27,29-30,32-33,35-36,45,47,52-53,57H,6-7,9,11-13,15,17-19,22,25,28,31,34,37-44,46,48-51H2,1-5H3,(H-,55,58,59,60)/p+1/b10-8-,16-14-,21-20-,24-23-,27-26-,30-29-,33-32-,36-35-,47-45+. The van der Waals surface area contributed by atoms with E-state index in [0.717, 1.165) is 103 Å². The summed E-state index contributed by atoms with van der Waals surface area (Å²) in [5.74, 6) is -0.208. The number of allylic oxidation sites excluding steroid dienone is 17. The number of likely N-dealkylation sites (N-methyl/N-ethyl adjacent to an activating group) is 1. The SMILES string of the molecule is CC/C=C\C/C=C\C/C=C\C/C=C\C/C=C\C/C=C\C/C=C\C/C=C\CCCCCCC(=O)NC(COP(=O)(O)OCC[N+](C)(C)C)C(O)/C=C/CCCCCCCCCCCC. The Bertz CT molecular complexity index is 1390. The highest BCUT2D eigenvalue weighted by Crippen LogP contribution is 2.43. The van der Waals surface area contributed by atoms with E-state index in [4.69, 9.17) is 9.05 Å². The molecule has 0 fully saturated rings. The topological polar surface area (TPSA) is 105 Å². The maximum atomic E-state index is 12.9. The summed E-state index contributed by atoms with van der Waals surface area (Å²) in [6.45, 7) is 4.64. The number of nitrogens with one attached hydrogen (secondary N) is 1. The van der Waals surface area contributed by atoms with Gasteiger partial charge in [0.25, 0.3) is 0 Å². The van der Waals surface area contributed by atoms with E-state index in [1.807, 2.05) is 27.2 Å². The van der Waals surface area contributed by atoms with E-state index in [2.05, 4.69) is 116 Å². The second kappa shape index (κ2) is 44.4. The van der Waals surface area contributed by atoms with E-state index < -0.39 is 20.0 Å². The molecule has 1 amide bonds. The fourth-order valence-corrected chi connectivity index (χ4v) is 7.08. The predicted molar refractivity (Wildman–Crippen MR) is 272 cm³/mol. The zero-order chi connectivity index (χ0) is 46.4. The molecule has 0 bridgehead atoms. The van der Waals surface area contributed by atoms with Crippen molar-refractivity contribution >= 4 is 13.7 Å². The predicted octanol–water partition coefficient (Wildman–Crippen LogP) is 14.5. The smallest absolute Gasteiger partial charge is 0.387 e. The van der Waals surface area contributed by atoms with Crippen LogP contribution in [-0.2, 0) is 18.4 Å². The van der Waals surface area contributed by atoms with Crippen molar-refractivity contribution in [3.05, 3.63) is 109 Å². The van der Waals surface area contributed by atoms with Crippen LogP contribution in [0.4, 0.5) is 0 Å². The van der Waals surface area contributed by atoms with Gasteiger partial charge in [-0.1, -0.05) is 194 Å². The minimum atomic E-state index is -4.35. The van der Waals surface area contributed by atoms with Crippen molar-refractivity contribution in [3.63, 3.8) is 0 Å². The second-order valence-electron chi connectivity index (χ2n) is 17.5. The highest BCUT2D eigenvalue weighted by Gasteiger charge is 2.27. The molecule has 0 saturated carbocycles. The van der Waals surface area contributed by atoms with Crippen molar-refractivity contribution in [1.82, 2.24) is 5.32 Å². The van der Waals surface area contributed by atoms with Gasteiger partial charge in [0.15, 0.2) is 0 Å². The Morgan fingerprint density at radius 3 is 1.40 bits per heavy atom. The number of amides is 1. The molecule has 0 aliphatic rings. The van der Waals surface area contributed by atoms with Crippen molar-refractivity contribution in [1.29, 1.82) is 0 Å². The molecule has 0 aromatic rings. The van der Waals surface area contributed by atoms with Gasteiger partial charge in [0.05, 0.1) is 39.9 Å². The summed E-state index contributed by atoms with van der Waals surface area (Å²) in [5, 5.41) is 13.8. The summed E-state index contributed by atoms with van der Waals surface area (Å²) in [7, 11) is 1.53. The summed E-state index contributed by atoms with van der Waals surface area (Å²) in [6, 6.07) is -0.867.